The van der Waals surface area contributed by atoms with Crippen LogP contribution < -0.4 is 0 Å². The molecule has 0 atom stereocenters. The molecule has 0 N–H and O–H groups in total. The third-order valence-corrected chi connectivity index (χ3v) is 2.66. The summed E-state index contributed by atoms with van der Waals surface area (Å²) in [5, 5.41) is 0. The Bertz CT molecular complexity index is 221. The van der Waals surface area contributed by atoms with Crippen molar-refractivity contribution in [2.45, 2.75) is 60.2 Å². The first-order valence-electron chi connectivity index (χ1n) is 6.07. The van der Waals surface area contributed by atoms with Gasteiger partial charge in [0.1, 0.15) is 12.2 Å². The molecular weight excluding hydrogens is 251 g/mol. The quantitative estimate of drug-likeness (QED) is 0.403. The van der Waals surface area contributed by atoms with Crippen molar-refractivity contribution < 1.29 is 21.9 Å². The second-order valence-corrected chi connectivity index (χ2v) is 4.89. The number of rotatable bonds is 7. The summed E-state index contributed by atoms with van der Waals surface area (Å²) in [4.78, 5) is 20.6. The summed E-state index contributed by atoms with van der Waals surface area (Å²) in [5.41, 5.74) is 0. The Morgan fingerprint density at radius 2 is 1.50 bits per heavy atom. The number of hydrogen-bond acceptors (Lipinski definition) is 5. The van der Waals surface area contributed by atoms with Gasteiger partial charge in [-0.25, -0.2) is 0 Å². The number of carbonyl (C=O) groups excluding carboxylic acids is 2. The fourth-order valence-corrected chi connectivity index (χ4v) is 1.18. The number of hydrogen-bond donors (Lipinski definition) is 0. The minimum Gasteiger partial charge on any atom is -0.466 e. The van der Waals surface area contributed by atoms with Gasteiger partial charge in [-0.15, -0.1) is 0 Å². The zero-order chi connectivity index (χ0) is 14.6. The summed E-state index contributed by atoms with van der Waals surface area (Å²) in [6.45, 7) is 11.4. The number of ketones is 1. The molecule has 5 nitrogen and oxygen atoms in total. The van der Waals surface area contributed by atoms with Crippen molar-refractivity contribution in [1.29, 1.82) is 0 Å². The fourth-order valence-electron chi connectivity index (χ4n) is 0.670. The summed E-state index contributed by atoms with van der Waals surface area (Å²) in [5.74, 6) is -0.599. The molecule has 0 unspecified atom stereocenters. The number of Topliss-reactive ketones (excluding diaryl/α,β-unsaturated/α-hetero) is 1. The van der Waals surface area contributed by atoms with Gasteiger partial charge in [0.05, 0.1) is 6.61 Å². The Hall–Kier alpha value is -0.408. The van der Waals surface area contributed by atoms with Crippen LogP contribution in [0.2, 0.25) is 0 Å². The molecule has 18 heavy (non-hydrogen) atoms. The maximum atomic E-state index is 10.4. The van der Waals surface area contributed by atoms with E-state index in [4.69, 9.17) is 7.58 Å². The Morgan fingerprint density at radius 1 is 1.06 bits per heavy atom. The Labute approximate surface area is 117 Å². The first-order chi connectivity index (χ1) is 8.29. The molecule has 0 aromatic heterocycles. The first-order valence-corrected chi connectivity index (χ1v) is 7.01. The van der Waals surface area contributed by atoms with Crippen LogP contribution in [0.4, 0.5) is 0 Å². The number of ether oxygens (including phenoxy) is 1. The van der Waals surface area contributed by atoms with E-state index >= 15 is 0 Å². The van der Waals surface area contributed by atoms with E-state index in [0.717, 1.165) is 0 Å². The second-order valence-electron chi connectivity index (χ2n) is 4.15. The Balaban J connectivity index is 0. The molecule has 0 rings (SSSR count). The molecule has 0 aromatic carbocycles. The maximum Gasteiger partial charge on any atom is 0.313 e. The zero-order valence-corrected chi connectivity index (χ0v) is 13.3. The molecule has 104 valence electrons. The van der Waals surface area contributed by atoms with Gasteiger partial charge in [0.15, 0.2) is 0 Å². The van der Waals surface area contributed by atoms with Gasteiger partial charge in [0, 0.05) is 0 Å². The minimum atomic E-state index is -0.440. The van der Waals surface area contributed by atoms with Gasteiger partial charge in [-0.2, -0.15) is 0 Å². The van der Waals surface area contributed by atoms with E-state index < -0.39 is 5.97 Å². The maximum absolute atomic E-state index is 10.4. The Morgan fingerprint density at radius 3 is 1.78 bits per heavy atom. The zero-order valence-electron chi connectivity index (χ0n) is 12.2. The third-order valence-electron chi connectivity index (χ3n) is 1.35. The molecule has 0 aliphatic rings. The average Bonchev–Trinajstić information content (AvgIpc) is 2.16. The second kappa shape index (κ2) is 13.0. The van der Waals surface area contributed by atoms with E-state index in [2.05, 4.69) is 4.74 Å². The smallest absolute Gasteiger partial charge is 0.313 e. The van der Waals surface area contributed by atoms with Gasteiger partial charge >= 0.3 is 69.3 Å². The predicted octanol–water partition coefficient (Wildman–Crippen LogP) is 1.90. The van der Waals surface area contributed by atoms with Gasteiger partial charge in [-0.1, -0.05) is 0 Å². The van der Waals surface area contributed by atoms with Gasteiger partial charge < -0.3 is 4.74 Å². The molecular formula is C12H24AlO5+. The van der Waals surface area contributed by atoms with Crippen molar-refractivity contribution in [1.82, 2.24) is 0 Å². The summed E-state index contributed by atoms with van der Waals surface area (Å²) < 4.78 is 14.9. The molecule has 0 bridgehead atoms. The van der Waals surface area contributed by atoms with Gasteiger partial charge in [-0.05, 0) is 13.8 Å². The molecule has 0 saturated carbocycles. The first kappa shape index (κ1) is 19.9. The van der Waals surface area contributed by atoms with Crippen LogP contribution >= 0.6 is 0 Å². The number of carbonyl (C=O) groups is 2. The minimum absolute atomic E-state index is 0.103. The van der Waals surface area contributed by atoms with Crippen molar-refractivity contribution in [3.05, 3.63) is 0 Å². The molecule has 0 spiro atoms. The number of esters is 1. The summed E-state index contributed by atoms with van der Waals surface area (Å²) in [6.07, 6.45) is 0.505. The van der Waals surface area contributed by atoms with Crippen molar-refractivity contribution >= 4 is 27.6 Å². The van der Waals surface area contributed by atoms with Gasteiger partial charge in [0.2, 0.25) is 0 Å². The Kier molecular flexibility index (Phi) is 14.4. The normalized spacial score (nSPS) is 9.56. The SMILES string of the molecule is CC(C)[O][Al+][O]C(C)C.CCOC(=O)CC(C)=O. The van der Waals surface area contributed by atoms with E-state index in [0.29, 0.717) is 18.8 Å². The van der Waals surface area contributed by atoms with Crippen molar-refractivity contribution in [3.8, 4) is 0 Å². The monoisotopic (exact) mass is 275 g/mol. The van der Waals surface area contributed by atoms with E-state index in [1.165, 1.54) is 6.92 Å². The van der Waals surface area contributed by atoms with Crippen molar-refractivity contribution in [3.63, 3.8) is 0 Å². The van der Waals surface area contributed by atoms with Crippen molar-refractivity contribution in [2.24, 2.45) is 0 Å². The standard InChI is InChI=1S/C6H10O3.2C3H7O.Al/c1-3-9-6(8)4-5(2)7;2*1-3(2)4;/h3-4H2,1-2H3;2*3H,1-2H3;/q;2*-1;+3. The third kappa shape index (κ3) is 20.9. The van der Waals surface area contributed by atoms with Crippen LogP contribution in [-0.4, -0.2) is 46.5 Å². The largest absolute Gasteiger partial charge is 0.466 e. The molecule has 0 aromatic rings. The summed E-state index contributed by atoms with van der Waals surface area (Å²) in [7, 11) is 0. The van der Waals surface area contributed by atoms with Crippen molar-refractivity contribution in [2.75, 3.05) is 6.61 Å². The van der Waals surface area contributed by atoms with Gasteiger partial charge in [-0.3, -0.25) is 9.59 Å². The molecule has 0 amide bonds. The van der Waals surface area contributed by atoms with E-state index in [1.54, 1.807) is 6.92 Å². The van der Waals surface area contributed by atoms with Crippen LogP contribution in [0, 0.1) is 0 Å². The van der Waals surface area contributed by atoms with E-state index in [9.17, 15) is 9.59 Å². The van der Waals surface area contributed by atoms with Crippen LogP contribution in [0.25, 0.3) is 0 Å². The van der Waals surface area contributed by atoms with Crippen LogP contribution in [0.15, 0.2) is 0 Å². The fraction of sp³-hybridized carbons (Fsp3) is 0.833. The molecule has 0 heterocycles. The average molecular weight is 275 g/mol. The van der Waals surface area contributed by atoms with Gasteiger partial charge in [0.25, 0.3) is 0 Å². The van der Waals surface area contributed by atoms with E-state index in [-0.39, 0.29) is 28.1 Å². The molecule has 0 fully saturated rings. The van der Waals surface area contributed by atoms with Crippen LogP contribution in [0.1, 0.15) is 48.0 Å². The molecule has 6 heteroatoms. The summed E-state index contributed by atoms with van der Waals surface area (Å²) >= 11 is -0.245. The topological polar surface area (TPSA) is 61.8 Å². The predicted molar refractivity (Wildman–Crippen MR) is 70.1 cm³/mol. The molecule has 0 radical (unpaired) electrons. The molecule has 0 aliphatic carbocycles. The van der Waals surface area contributed by atoms with E-state index in [1.807, 2.05) is 27.7 Å². The van der Waals surface area contributed by atoms with Crippen LogP contribution in [0.5, 0.6) is 0 Å². The van der Waals surface area contributed by atoms with Crippen LogP contribution in [0.3, 0.4) is 0 Å². The van der Waals surface area contributed by atoms with Crippen LogP contribution in [-0.2, 0) is 21.9 Å². The summed E-state index contributed by atoms with van der Waals surface area (Å²) in [6, 6.07) is 0. The molecule has 0 saturated heterocycles. The molecule has 0 aliphatic heterocycles.